The Labute approximate surface area is 122 Å². The van der Waals surface area contributed by atoms with E-state index in [4.69, 9.17) is 17.2 Å². The molecule has 100 valence electrons. The molecule has 0 aliphatic carbocycles. The number of halogens is 1. The van der Waals surface area contributed by atoms with Gasteiger partial charge in [-0.2, -0.15) is 9.97 Å². The van der Waals surface area contributed by atoms with Crippen LogP contribution in [0.1, 0.15) is 0 Å². The molecular formula is C12H10BrN7. The third kappa shape index (κ3) is 1.99. The summed E-state index contributed by atoms with van der Waals surface area (Å²) in [6, 6.07) is 7.55. The van der Waals surface area contributed by atoms with Crippen LogP contribution in [0.3, 0.4) is 0 Å². The van der Waals surface area contributed by atoms with Crippen LogP contribution in [-0.2, 0) is 0 Å². The number of hydrogen-bond acceptors (Lipinski definition) is 7. The van der Waals surface area contributed by atoms with E-state index in [1.165, 1.54) is 0 Å². The molecule has 0 spiro atoms. The van der Waals surface area contributed by atoms with Gasteiger partial charge in [0, 0.05) is 10.0 Å². The largest absolute Gasteiger partial charge is 0.382 e. The fraction of sp³-hybridized carbons (Fsp3) is 0. The van der Waals surface area contributed by atoms with Gasteiger partial charge in [0.05, 0.1) is 0 Å². The molecule has 8 heteroatoms. The molecule has 0 unspecified atom stereocenters. The lowest BCUT2D eigenvalue weighted by Gasteiger charge is -2.08. The maximum Gasteiger partial charge on any atom is 0.224 e. The number of rotatable bonds is 1. The van der Waals surface area contributed by atoms with Crippen LogP contribution in [0, 0.1) is 0 Å². The molecule has 0 aliphatic rings. The molecule has 1 aromatic carbocycles. The summed E-state index contributed by atoms with van der Waals surface area (Å²) < 4.78 is 0.857. The van der Waals surface area contributed by atoms with Gasteiger partial charge in [-0.3, -0.25) is 0 Å². The van der Waals surface area contributed by atoms with Crippen molar-refractivity contribution in [2.24, 2.45) is 0 Å². The molecule has 2 aromatic heterocycles. The highest BCUT2D eigenvalue weighted by atomic mass is 79.9. The van der Waals surface area contributed by atoms with Crippen LogP contribution in [0.25, 0.3) is 22.4 Å². The molecule has 0 aliphatic heterocycles. The summed E-state index contributed by atoms with van der Waals surface area (Å²) in [5.74, 6) is 0.465. The fourth-order valence-electron chi connectivity index (χ4n) is 1.85. The Bertz CT molecular complexity index is 818. The van der Waals surface area contributed by atoms with Gasteiger partial charge in [0.15, 0.2) is 22.8 Å². The van der Waals surface area contributed by atoms with Crippen LogP contribution in [-0.4, -0.2) is 19.9 Å². The van der Waals surface area contributed by atoms with E-state index in [2.05, 4.69) is 35.9 Å². The van der Waals surface area contributed by atoms with Gasteiger partial charge >= 0.3 is 0 Å². The maximum absolute atomic E-state index is 5.95. The van der Waals surface area contributed by atoms with Crippen molar-refractivity contribution >= 4 is 44.7 Å². The molecule has 0 fully saturated rings. The van der Waals surface area contributed by atoms with Crippen molar-refractivity contribution in [1.29, 1.82) is 0 Å². The van der Waals surface area contributed by atoms with Crippen LogP contribution in [0.4, 0.5) is 17.6 Å². The van der Waals surface area contributed by atoms with E-state index in [1.807, 2.05) is 24.3 Å². The van der Waals surface area contributed by atoms with E-state index in [9.17, 15) is 0 Å². The second kappa shape index (κ2) is 4.57. The Kier molecular flexibility index (Phi) is 2.87. The Balaban J connectivity index is 2.33. The number of anilines is 3. The summed E-state index contributed by atoms with van der Waals surface area (Å²) in [6.07, 6.45) is 0. The van der Waals surface area contributed by atoms with E-state index >= 15 is 0 Å². The first-order valence-corrected chi connectivity index (χ1v) is 6.46. The van der Waals surface area contributed by atoms with Crippen molar-refractivity contribution < 1.29 is 0 Å². The molecule has 0 bridgehead atoms. The molecule has 2 heterocycles. The number of nitrogens with two attached hydrogens (primary N) is 3. The molecule has 0 atom stereocenters. The normalized spacial score (nSPS) is 10.8. The first-order chi connectivity index (χ1) is 9.56. The van der Waals surface area contributed by atoms with Gasteiger partial charge in [-0.25, -0.2) is 9.97 Å². The van der Waals surface area contributed by atoms with E-state index < -0.39 is 0 Å². The van der Waals surface area contributed by atoms with Crippen molar-refractivity contribution in [2.75, 3.05) is 17.2 Å². The fourth-order valence-corrected chi connectivity index (χ4v) is 2.32. The lowest BCUT2D eigenvalue weighted by atomic mass is 10.1. The second-order valence-corrected chi connectivity index (χ2v) is 4.93. The highest BCUT2D eigenvalue weighted by Gasteiger charge is 2.14. The summed E-state index contributed by atoms with van der Waals surface area (Å²) in [7, 11) is 0. The predicted octanol–water partition coefficient (Wildman–Crippen LogP) is 1.60. The topological polar surface area (TPSA) is 130 Å². The van der Waals surface area contributed by atoms with Gasteiger partial charge in [-0.05, 0) is 6.07 Å². The van der Waals surface area contributed by atoms with Crippen molar-refractivity contribution in [3.63, 3.8) is 0 Å². The Morgan fingerprint density at radius 3 is 2.35 bits per heavy atom. The zero-order chi connectivity index (χ0) is 14.3. The van der Waals surface area contributed by atoms with Crippen molar-refractivity contribution in [2.45, 2.75) is 0 Å². The number of nitrogen functional groups attached to an aromatic ring is 3. The highest BCUT2D eigenvalue weighted by molar-refractivity contribution is 9.10. The first kappa shape index (κ1) is 12.5. The van der Waals surface area contributed by atoms with Crippen LogP contribution < -0.4 is 17.2 Å². The number of aromatic nitrogens is 4. The SMILES string of the molecule is Nc1nc(N)c2nc(-c3ccccc3Br)c(N)nc2n1. The van der Waals surface area contributed by atoms with E-state index in [0.29, 0.717) is 11.2 Å². The minimum absolute atomic E-state index is 0.0392. The third-order valence-electron chi connectivity index (χ3n) is 2.73. The highest BCUT2D eigenvalue weighted by Crippen LogP contribution is 2.31. The van der Waals surface area contributed by atoms with E-state index in [-0.39, 0.29) is 23.2 Å². The van der Waals surface area contributed by atoms with Crippen molar-refractivity contribution in [1.82, 2.24) is 19.9 Å². The van der Waals surface area contributed by atoms with E-state index in [1.54, 1.807) is 0 Å². The standard InChI is InChI=1S/C12H10BrN7/c13-6-4-2-1-3-5(6)7-9(14)18-11-8(17-7)10(15)19-12(16)20-11/h1-4H,(H6,14,15,16,18,19,20). The summed E-state index contributed by atoms with van der Waals surface area (Å²) in [5, 5.41) is 0. The Morgan fingerprint density at radius 1 is 0.850 bits per heavy atom. The molecule has 20 heavy (non-hydrogen) atoms. The minimum Gasteiger partial charge on any atom is -0.382 e. The molecule has 7 nitrogen and oxygen atoms in total. The zero-order valence-electron chi connectivity index (χ0n) is 10.2. The average molecular weight is 332 g/mol. The zero-order valence-corrected chi connectivity index (χ0v) is 11.8. The van der Waals surface area contributed by atoms with E-state index in [0.717, 1.165) is 10.0 Å². The van der Waals surface area contributed by atoms with Crippen LogP contribution >= 0.6 is 15.9 Å². The predicted molar refractivity (Wildman–Crippen MR) is 81.5 cm³/mol. The number of nitrogens with zero attached hydrogens (tertiary/aromatic N) is 4. The lowest BCUT2D eigenvalue weighted by Crippen LogP contribution is -2.06. The minimum atomic E-state index is 0.0392. The lowest BCUT2D eigenvalue weighted by molar-refractivity contribution is 1.17. The summed E-state index contributed by atoms with van der Waals surface area (Å²) >= 11 is 3.46. The third-order valence-corrected chi connectivity index (χ3v) is 3.42. The Morgan fingerprint density at radius 2 is 1.60 bits per heavy atom. The summed E-state index contributed by atoms with van der Waals surface area (Å²) in [6.45, 7) is 0. The van der Waals surface area contributed by atoms with Gasteiger partial charge in [0.25, 0.3) is 0 Å². The monoisotopic (exact) mass is 331 g/mol. The number of fused-ring (bicyclic) bond motifs is 1. The number of hydrogen-bond donors (Lipinski definition) is 3. The molecule has 0 radical (unpaired) electrons. The van der Waals surface area contributed by atoms with Crippen LogP contribution in [0.15, 0.2) is 28.7 Å². The first-order valence-electron chi connectivity index (χ1n) is 5.67. The van der Waals surface area contributed by atoms with Gasteiger partial charge in [0.2, 0.25) is 5.95 Å². The van der Waals surface area contributed by atoms with Crippen LogP contribution in [0.2, 0.25) is 0 Å². The number of benzene rings is 1. The van der Waals surface area contributed by atoms with Gasteiger partial charge < -0.3 is 17.2 Å². The van der Waals surface area contributed by atoms with Crippen LogP contribution in [0.5, 0.6) is 0 Å². The summed E-state index contributed by atoms with van der Waals surface area (Å²) in [4.78, 5) is 16.5. The average Bonchev–Trinajstić information content (AvgIpc) is 2.39. The molecular weight excluding hydrogens is 322 g/mol. The Hall–Kier alpha value is -2.48. The van der Waals surface area contributed by atoms with Gasteiger partial charge in [-0.1, -0.05) is 34.1 Å². The second-order valence-electron chi connectivity index (χ2n) is 4.08. The van der Waals surface area contributed by atoms with Gasteiger partial charge in [-0.15, -0.1) is 0 Å². The van der Waals surface area contributed by atoms with Gasteiger partial charge in [0.1, 0.15) is 5.69 Å². The van der Waals surface area contributed by atoms with Crippen molar-refractivity contribution in [3.8, 4) is 11.3 Å². The molecule has 0 saturated carbocycles. The van der Waals surface area contributed by atoms with Crippen molar-refractivity contribution in [3.05, 3.63) is 28.7 Å². The molecule has 3 aromatic rings. The molecule has 0 amide bonds. The smallest absolute Gasteiger partial charge is 0.224 e. The molecule has 0 saturated heterocycles. The maximum atomic E-state index is 5.95. The molecule has 6 N–H and O–H groups in total. The summed E-state index contributed by atoms with van der Waals surface area (Å²) in [5.41, 5.74) is 19.3. The molecule has 3 rings (SSSR count). The quantitative estimate of drug-likeness (QED) is 0.617.